The Morgan fingerprint density at radius 1 is 1.42 bits per heavy atom. The molecule has 1 aromatic rings. The van der Waals surface area contributed by atoms with Gasteiger partial charge in [0.15, 0.2) is 0 Å². The summed E-state index contributed by atoms with van der Waals surface area (Å²) < 4.78 is 32.1. The number of likely N-dealkylation sites (N-methyl/N-ethyl adjacent to an activating group) is 1. The maximum absolute atomic E-state index is 12.6. The quantitative estimate of drug-likeness (QED) is 0.882. The van der Waals surface area contributed by atoms with Gasteiger partial charge in [-0.05, 0) is 37.2 Å². The Balaban J connectivity index is 1.88. The van der Waals surface area contributed by atoms with Crippen molar-refractivity contribution in [1.82, 2.24) is 9.62 Å². The minimum atomic E-state index is -3.37. The second-order valence-electron chi connectivity index (χ2n) is 5.01. The van der Waals surface area contributed by atoms with Crippen LogP contribution in [0.2, 0.25) is 0 Å². The number of benzene rings is 1. The summed E-state index contributed by atoms with van der Waals surface area (Å²) in [4.78, 5) is 0.383. The highest BCUT2D eigenvalue weighted by Crippen LogP contribution is 2.29. The van der Waals surface area contributed by atoms with Gasteiger partial charge in [-0.2, -0.15) is 4.31 Å². The van der Waals surface area contributed by atoms with Crippen LogP contribution in [0.4, 0.5) is 0 Å². The van der Waals surface area contributed by atoms with Crippen molar-refractivity contribution in [3.63, 3.8) is 0 Å². The zero-order valence-corrected chi connectivity index (χ0v) is 11.7. The fraction of sp³-hybridized carbons (Fsp3) is 0.538. The van der Waals surface area contributed by atoms with Crippen molar-refractivity contribution in [3.8, 4) is 5.75 Å². The van der Waals surface area contributed by atoms with Gasteiger partial charge in [0.05, 0.1) is 11.5 Å². The number of sulfonamides is 1. The highest BCUT2D eigenvalue weighted by molar-refractivity contribution is 7.89. The first kappa shape index (κ1) is 12.9. The number of hydrogen-bond acceptors (Lipinski definition) is 4. The van der Waals surface area contributed by atoms with Crippen LogP contribution >= 0.6 is 0 Å². The molecule has 0 aromatic heterocycles. The molecule has 0 radical (unpaired) electrons. The van der Waals surface area contributed by atoms with E-state index in [9.17, 15) is 8.42 Å². The summed E-state index contributed by atoms with van der Waals surface area (Å²) >= 11 is 0. The molecular weight excluding hydrogens is 264 g/mol. The summed E-state index contributed by atoms with van der Waals surface area (Å²) in [6.07, 6.45) is 1.65. The maximum Gasteiger partial charge on any atom is 0.243 e. The second-order valence-corrected chi connectivity index (χ2v) is 6.94. The van der Waals surface area contributed by atoms with Gasteiger partial charge in [0.25, 0.3) is 0 Å². The maximum atomic E-state index is 12.6. The largest absolute Gasteiger partial charge is 0.493 e. The highest BCUT2D eigenvalue weighted by atomic mass is 32.2. The molecule has 1 N–H and O–H groups in total. The van der Waals surface area contributed by atoms with Gasteiger partial charge in [0.1, 0.15) is 5.75 Å². The lowest BCUT2D eigenvalue weighted by Gasteiger charge is -2.17. The molecule has 5 nitrogen and oxygen atoms in total. The average Bonchev–Trinajstić information content (AvgIpc) is 3.06. The molecule has 1 aromatic carbocycles. The van der Waals surface area contributed by atoms with Crippen LogP contribution in [0.15, 0.2) is 23.1 Å². The molecule has 2 aliphatic rings. The number of nitrogens with one attached hydrogen (secondary N) is 1. The summed E-state index contributed by atoms with van der Waals surface area (Å²) in [7, 11) is -1.50. The molecule has 2 aliphatic heterocycles. The van der Waals surface area contributed by atoms with E-state index >= 15 is 0 Å². The normalized spacial score (nSPS) is 23.3. The lowest BCUT2D eigenvalue weighted by molar-refractivity contribution is 0.356. The van der Waals surface area contributed by atoms with Gasteiger partial charge in [0, 0.05) is 25.6 Å². The third-order valence-electron chi connectivity index (χ3n) is 3.86. The molecule has 2 heterocycles. The standard InChI is InChI=1S/C13H18N2O3S/c1-14-11-4-6-15(9-11)19(16,17)12-2-3-13-10(8-12)5-7-18-13/h2-3,8,11,14H,4-7,9H2,1H3. The number of fused-ring (bicyclic) bond motifs is 1. The first-order chi connectivity index (χ1) is 9.11. The summed E-state index contributed by atoms with van der Waals surface area (Å²) in [5.41, 5.74) is 0.991. The third-order valence-corrected chi connectivity index (χ3v) is 5.72. The van der Waals surface area contributed by atoms with Crippen LogP contribution in [-0.2, 0) is 16.4 Å². The summed E-state index contributed by atoms with van der Waals surface area (Å²) in [5, 5.41) is 3.13. The van der Waals surface area contributed by atoms with Gasteiger partial charge in [0.2, 0.25) is 10.0 Å². The Morgan fingerprint density at radius 3 is 3.00 bits per heavy atom. The molecule has 0 saturated carbocycles. The molecule has 0 spiro atoms. The Hall–Kier alpha value is -1.11. The van der Waals surface area contributed by atoms with Crippen LogP contribution in [0.1, 0.15) is 12.0 Å². The Morgan fingerprint density at radius 2 is 2.26 bits per heavy atom. The lowest BCUT2D eigenvalue weighted by Crippen LogP contribution is -2.33. The minimum Gasteiger partial charge on any atom is -0.493 e. The van der Waals surface area contributed by atoms with E-state index in [0.29, 0.717) is 24.6 Å². The molecule has 0 amide bonds. The molecule has 1 fully saturated rings. The number of rotatable bonds is 3. The van der Waals surface area contributed by atoms with Crippen molar-refractivity contribution < 1.29 is 13.2 Å². The Labute approximate surface area is 113 Å². The fourth-order valence-electron chi connectivity index (χ4n) is 2.65. The topological polar surface area (TPSA) is 58.6 Å². The predicted molar refractivity (Wildman–Crippen MR) is 71.9 cm³/mol. The summed E-state index contributed by atoms with van der Waals surface area (Å²) in [6.45, 7) is 1.78. The van der Waals surface area contributed by atoms with Crippen LogP contribution < -0.4 is 10.1 Å². The third kappa shape index (κ3) is 2.24. The fourth-order valence-corrected chi connectivity index (χ4v) is 4.21. The molecule has 0 aliphatic carbocycles. The zero-order valence-electron chi connectivity index (χ0n) is 10.9. The van der Waals surface area contributed by atoms with Gasteiger partial charge in [-0.15, -0.1) is 0 Å². The van der Waals surface area contributed by atoms with E-state index in [4.69, 9.17) is 4.74 Å². The lowest BCUT2D eigenvalue weighted by atomic mass is 10.2. The monoisotopic (exact) mass is 282 g/mol. The molecular formula is C13H18N2O3S. The number of hydrogen-bond donors (Lipinski definition) is 1. The van der Waals surface area contributed by atoms with Crippen molar-refractivity contribution in [1.29, 1.82) is 0 Å². The van der Waals surface area contributed by atoms with E-state index in [0.717, 1.165) is 24.2 Å². The van der Waals surface area contributed by atoms with Gasteiger partial charge in [-0.3, -0.25) is 0 Å². The predicted octanol–water partition coefficient (Wildman–Crippen LogP) is 0.604. The first-order valence-electron chi connectivity index (χ1n) is 6.54. The average molecular weight is 282 g/mol. The van der Waals surface area contributed by atoms with Crippen LogP contribution in [0.5, 0.6) is 5.75 Å². The smallest absolute Gasteiger partial charge is 0.243 e. The second kappa shape index (κ2) is 4.77. The van der Waals surface area contributed by atoms with Crippen molar-refractivity contribution in [2.45, 2.75) is 23.8 Å². The van der Waals surface area contributed by atoms with E-state index in [1.165, 1.54) is 0 Å². The highest BCUT2D eigenvalue weighted by Gasteiger charge is 2.32. The van der Waals surface area contributed by atoms with Crippen LogP contribution in [0, 0.1) is 0 Å². The van der Waals surface area contributed by atoms with Gasteiger partial charge in [-0.25, -0.2) is 8.42 Å². The van der Waals surface area contributed by atoms with Gasteiger partial charge < -0.3 is 10.1 Å². The van der Waals surface area contributed by atoms with Crippen molar-refractivity contribution in [2.75, 3.05) is 26.7 Å². The van der Waals surface area contributed by atoms with E-state index in [1.54, 1.807) is 22.5 Å². The van der Waals surface area contributed by atoms with Crippen molar-refractivity contribution in [2.24, 2.45) is 0 Å². The van der Waals surface area contributed by atoms with Crippen LogP contribution in [0.25, 0.3) is 0 Å². The zero-order chi connectivity index (χ0) is 13.5. The first-order valence-corrected chi connectivity index (χ1v) is 7.98. The Kier molecular flexibility index (Phi) is 3.24. The summed E-state index contributed by atoms with van der Waals surface area (Å²) in [5.74, 6) is 0.813. The molecule has 1 saturated heterocycles. The van der Waals surface area contributed by atoms with E-state index in [2.05, 4.69) is 5.32 Å². The number of ether oxygens (including phenoxy) is 1. The molecule has 0 bridgehead atoms. The molecule has 19 heavy (non-hydrogen) atoms. The molecule has 1 unspecified atom stereocenters. The Bertz CT molecular complexity index is 586. The minimum absolute atomic E-state index is 0.257. The van der Waals surface area contributed by atoms with Crippen molar-refractivity contribution in [3.05, 3.63) is 23.8 Å². The summed E-state index contributed by atoms with van der Waals surface area (Å²) in [6, 6.07) is 5.42. The van der Waals surface area contributed by atoms with E-state index in [1.807, 2.05) is 7.05 Å². The SMILES string of the molecule is CNC1CCN(S(=O)(=O)c2ccc3c(c2)CCO3)C1. The number of nitrogens with zero attached hydrogens (tertiary/aromatic N) is 1. The van der Waals surface area contributed by atoms with Gasteiger partial charge >= 0.3 is 0 Å². The van der Waals surface area contributed by atoms with Crippen LogP contribution in [0.3, 0.4) is 0 Å². The molecule has 6 heteroatoms. The van der Waals surface area contributed by atoms with Gasteiger partial charge in [-0.1, -0.05) is 0 Å². The van der Waals surface area contributed by atoms with E-state index < -0.39 is 10.0 Å². The molecule has 1 atom stereocenters. The van der Waals surface area contributed by atoms with Crippen molar-refractivity contribution >= 4 is 10.0 Å². The molecule has 3 rings (SSSR count). The molecule has 104 valence electrons. The van der Waals surface area contributed by atoms with E-state index in [-0.39, 0.29) is 6.04 Å². The van der Waals surface area contributed by atoms with Crippen LogP contribution in [-0.4, -0.2) is 45.5 Å².